The summed E-state index contributed by atoms with van der Waals surface area (Å²) in [7, 11) is 0. The Morgan fingerprint density at radius 2 is 1.83 bits per heavy atom. The lowest BCUT2D eigenvalue weighted by atomic mass is 10.1. The third-order valence-electron chi connectivity index (χ3n) is 4.03. The third-order valence-corrected chi connectivity index (χ3v) is 5.35. The number of fused-ring (bicyclic) bond motifs is 1. The summed E-state index contributed by atoms with van der Waals surface area (Å²) in [6, 6.07) is 11.6. The van der Waals surface area contributed by atoms with Crippen molar-refractivity contribution in [3.8, 4) is 5.75 Å². The van der Waals surface area contributed by atoms with E-state index in [1.807, 2.05) is 12.1 Å². The maximum absolute atomic E-state index is 12.5. The maximum atomic E-state index is 12.5. The first kappa shape index (κ1) is 19.4. The second kappa shape index (κ2) is 7.82. The Bertz CT molecular complexity index is 1290. The van der Waals surface area contributed by atoms with Gasteiger partial charge in [-0.1, -0.05) is 46.7 Å². The van der Waals surface area contributed by atoms with Crippen LogP contribution in [0.25, 0.3) is 11.0 Å². The minimum atomic E-state index is -0.985. The monoisotopic (exact) mass is 447 g/mol. The fourth-order valence-electron chi connectivity index (χ4n) is 2.67. The van der Waals surface area contributed by atoms with Gasteiger partial charge in [0.05, 0.1) is 5.39 Å². The molecule has 10 heteroatoms. The zero-order valence-electron chi connectivity index (χ0n) is 14.5. The lowest BCUT2D eigenvalue weighted by Crippen LogP contribution is -2.21. The van der Waals surface area contributed by atoms with Crippen LogP contribution in [0, 0.1) is 0 Å². The van der Waals surface area contributed by atoms with Gasteiger partial charge in [-0.05, 0) is 29.8 Å². The van der Waals surface area contributed by atoms with Crippen LogP contribution in [-0.4, -0.2) is 21.2 Å². The molecule has 0 fully saturated rings. The van der Waals surface area contributed by atoms with Crippen LogP contribution in [0.1, 0.15) is 20.9 Å². The van der Waals surface area contributed by atoms with Gasteiger partial charge in [0, 0.05) is 22.5 Å². The number of nitrogens with one attached hydrogen (secondary N) is 1. The standard InChI is InChI=1S/C19H11Cl2N3O4S/c20-10-3-1-9(2-4-10)7-14-23-24-19(29-14)22-17(26)15-16(25)12-6-5-11(21)8-13(12)28-18(15)27/h1-6,8,25H,7H2,(H,22,24,26). The Kier molecular flexibility index (Phi) is 5.23. The van der Waals surface area contributed by atoms with Crippen LogP contribution in [0.5, 0.6) is 5.75 Å². The first-order valence-electron chi connectivity index (χ1n) is 8.24. The molecule has 0 unspecified atom stereocenters. The van der Waals surface area contributed by atoms with E-state index in [0.717, 1.165) is 16.9 Å². The molecule has 0 atom stereocenters. The molecule has 2 heterocycles. The molecule has 2 aromatic heterocycles. The summed E-state index contributed by atoms with van der Waals surface area (Å²) in [6.07, 6.45) is 0.509. The smallest absolute Gasteiger partial charge is 0.353 e. The zero-order chi connectivity index (χ0) is 20.5. The molecule has 0 aliphatic carbocycles. The second-order valence-electron chi connectivity index (χ2n) is 6.01. The predicted molar refractivity (Wildman–Crippen MR) is 111 cm³/mol. The lowest BCUT2D eigenvalue weighted by Gasteiger charge is -2.06. The Balaban J connectivity index is 1.57. The van der Waals surface area contributed by atoms with Crippen LogP contribution >= 0.6 is 34.5 Å². The van der Waals surface area contributed by atoms with Crippen molar-refractivity contribution >= 4 is 56.5 Å². The minimum absolute atomic E-state index is 0.0812. The number of anilines is 1. The highest BCUT2D eigenvalue weighted by molar-refractivity contribution is 7.15. The second-order valence-corrected chi connectivity index (χ2v) is 7.95. The van der Waals surface area contributed by atoms with Gasteiger partial charge in [0.15, 0.2) is 5.56 Å². The summed E-state index contributed by atoms with van der Waals surface area (Å²) in [4.78, 5) is 24.7. The molecule has 0 aliphatic rings. The zero-order valence-corrected chi connectivity index (χ0v) is 16.8. The fourth-order valence-corrected chi connectivity index (χ4v) is 3.73. The van der Waals surface area contributed by atoms with Gasteiger partial charge in [-0.3, -0.25) is 10.1 Å². The molecule has 0 aliphatic heterocycles. The molecule has 146 valence electrons. The minimum Gasteiger partial charge on any atom is -0.506 e. The highest BCUT2D eigenvalue weighted by Crippen LogP contribution is 2.29. The van der Waals surface area contributed by atoms with E-state index < -0.39 is 22.8 Å². The normalized spacial score (nSPS) is 11.0. The van der Waals surface area contributed by atoms with E-state index in [0.29, 0.717) is 21.5 Å². The molecule has 1 amide bonds. The molecular weight excluding hydrogens is 437 g/mol. The Morgan fingerprint density at radius 1 is 1.10 bits per heavy atom. The van der Waals surface area contributed by atoms with E-state index in [-0.39, 0.29) is 16.1 Å². The summed E-state index contributed by atoms with van der Waals surface area (Å²) in [6.45, 7) is 0. The van der Waals surface area contributed by atoms with Crippen molar-refractivity contribution in [1.82, 2.24) is 10.2 Å². The number of aromatic nitrogens is 2. The number of benzene rings is 2. The molecule has 29 heavy (non-hydrogen) atoms. The Morgan fingerprint density at radius 3 is 2.59 bits per heavy atom. The highest BCUT2D eigenvalue weighted by atomic mass is 35.5. The first-order chi connectivity index (χ1) is 13.9. The molecule has 2 N–H and O–H groups in total. The summed E-state index contributed by atoms with van der Waals surface area (Å²) in [5, 5.41) is 22.8. The molecular formula is C19H11Cl2N3O4S. The number of amides is 1. The van der Waals surface area contributed by atoms with E-state index >= 15 is 0 Å². The summed E-state index contributed by atoms with van der Waals surface area (Å²) < 4.78 is 5.10. The average Bonchev–Trinajstić information content (AvgIpc) is 3.10. The first-order valence-corrected chi connectivity index (χ1v) is 9.81. The third kappa shape index (κ3) is 4.09. The van der Waals surface area contributed by atoms with Crippen LogP contribution < -0.4 is 10.9 Å². The van der Waals surface area contributed by atoms with Crippen molar-refractivity contribution in [3.05, 3.63) is 79.1 Å². The van der Waals surface area contributed by atoms with Gasteiger partial charge in [-0.15, -0.1) is 10.2 Å². The lowest BCUT2D eigenvalue weighted by molar-refractivity contribution is 0.102. The Hall–Kier alpha value is -2.94. The van der Waals surface area contributed by atoms with Gasteiger partial charge >= 0.3 is 5.63 Å². The van der Waals surface area contributed by atoms with Gasteiger partial charge in [-0.2, -0.15) is 0 Å². The van der Waals surface area contributed by atoms with E-state index in [4.69, 9.17) is 27.6 Å². The van der Waals surface area contributed by atoms with Crippen molar-refractivity contribution in [1.29, 1.82) is 0 Å². The van der Waals surface area contributed by atoms with Gasteiger partial charge in [0.25, 0.3) is 5.91 Å². The molecule has 4 aromatic rings. The number of rotatable bonds is 4. The van der Waals surface area contributed by atoms with E-state index in [1.165, 1.54) is 18.2 Å². The summed E-state index contributed by atoms with van der Waals surface area (Å²) >= 11 is 12.9. The quantitative estimate of drug-likeness (QED) is 0.446. The average molecular weight is 448 g/mol. The SMILES string of the molecule is O=C(Nc1nnc(Cc2ccc(Cl)cc2)s1)c1c(O)c2ccc(Cl)cc2oc1=O. The molecule has 0 radical (unpaired) electrons. The number of carbonyl (C=O) groups excluding carboxylic acids is 1. The van der Waals surface area contributed by atoms with Gasteiger partial charge in [0.2, 0.25) is 5.13 Å². The number of nitrogens with zero attached hydrogens (tertiary/aromatic N) is 2. The van der Waals surface area contributed by atoms with E-state index in [2.05, 4.69) is 15.5 Å². The van der Waals surface area contributed by atoms with Gasteiger partial charge in [-0.25, -0.2) is 4.79 Å². The summed E-state index contributed by atoms with van der Waals surface area (Å²) in [5.74, 6) is -1.33. The van der Waals surface area contributed by atoms with Crippen LogP contribution in [0.3, 0.4) is 0 Å². The number of aromatic hydroxyl groups is 1. The van der Waals surface area contributed by atoms with Gasteiger partial charge < -0.3 is 9.52 Å². The molecule has 0 saturated heterocycles. The Labute approximate surface area is 177 Å². The largest absolute Gasteiger partial charge is 0.506 e. The highest BCUT2D eigenvalue weighted by Gasteiger charge is 2.22. The van der Waals surface area contributed by atoms with Crippen molar-refractivity contribution < 1.29 is 14.3 Å². The van der Waals surface area contributed by atoms with Crippen molar-refractivity contribution in [2.75, 3.05) is 5.32 Å². The number of carbonyl (C=O) groups is 1. The van der Waals surface area contributed by atoms with Gasteiger partial charge in [0.1, 0.15) is 16.3 Å². The van der Waals surface area contributed by atoms with Crippen molar-refractivity contribution in [2.24, 2.45) is 0 Å². The number of halogens is 2. The fraction of sp³-hybridized carbons (Fsp3) is 0.0526. The van der Waals surface area contributed by atoms with E-state index in [9.17, 15) is 14.7 Å². The predicted octanol–water partition coefficient (Wildman–Crippen LogP) is 4.50. The van der Waals surface area contributed by atoms with Crippen LogP contribution in [0.15, 0.2) is 51.7 Å². The topological polar surface area (TPSA) is 105 Å². The summed E-state index contributed by atoms with van der Waals surface area (Å²) in [5.41, 5.74) is -0.442. The maximum Gasteiger partial charge on any atom is 0.353 e. The van der Waals surface area contributed by atoms with Crippen molar-refractivity contribution in [3.63, 3.8) is 0 Å². The van der Waals surface area contributed by atoms with Crippen molar-refractivity contribution in [2.45, 2.75) is 6.42 Å². The van der Waals surface area contributed by atoms with Crippen LogP contribution in [0.2, 0.25) is 10.0 Å². The number of hydrogen-bond acceptors (Lipinski definition) is 7. The molecule has 0 spiro atoms. The number of hydrogen-bond donors (Lipinski definition) is 2. The molecule has 4 rings (SSSR count). The molecule has 7 nitrogen and oxygen atoms in total. The van der Waals surface area contributed by atoms with Crippen LogP contribution in [0.4, 0.5) is 5.13 Å². The molecule has 0 saturated carbocycles. The molecule has 0 bridgehead atoms. The molecule has 2 aromatic carbocycles. The van der Waals surface area contributed by atoms with Crippen LogP contribution in [-0.2, 0) is 6.42 Å². The van der Waals surface area contributed by atoms with E-state index in [1.54, 1.807) is 12.1 Å².